The van der Waals surface area contributed by atoms with Gasteiger partial charge in [-0.25, -0.2) is 0 Å². The van der Waals surface area contributed by atoms with Crippen molar-refractivity contribution in [3.8, 4) is 33.6 Å². The lowest BCUT2D eigenvalue weighted by Gasteiger charge is -2.18. The Morgan fingerprint density at radius 1 is 0.487 bits per heavy atom. The number of benzene rings is 5. The van der Waals surface area contributed by atoms with E-state index in [1.165, 1.54) is 66.8 Å². The Morgan fingerprint density at radius 2 is 1.08 bits per heavy atom. The second-order valence-electron chi connectivity index (χ2n) is 11.1. The van der Waals surface area contributed by atoms with Gasteiger partial charge in [-0.15, -0.1) is 0 Å². The van der Waals surface area contributed by atoms with E-state index >= 15 is 0 Å². The SMILES string of the molecule is CC1(C)c2ccccc2-n2c1cc1c3ccccc3n(-c3cc(-c4ccccc4)cc(-c4ccccc4)c3)c12. The van der Waals surface area contributed by atoms with Gasteiger partial charge < -0.3 is 0 Å². The van der Waals surface area contributed by atoms with Gasteiger partial charge in [-0.1, -0.05) is 111 Å². The van der Waals surface area contributed by atoms with Crippen LogP contribution in [-0.4, -0.2) is 9.13 Å². The third kappa shape index (κ3) is 3.15. The van der Waals surface area contributed by atoms with Crippen molar-refractivity contribution in [2.75, 3.05) is 0 Å². The Kier molecular flexibility index (Phi) is 4.60. The van der Waals surface area contributed by atoms with Gasteiger partial charge in [-0.05, 0) is 64.2 Å². The first kappa shape index (κ1) is 22.2. The molecule has 0 fully saturated rings. The van der Waals surface area contributed by atoms with Gasteiger partial charge in [0.1, 0.15) is 5.65 Å². The van der Waals surface area contributed by atoms with E-state index < -0.39 is 0 Å². The number of rotatable bonds is 3. The van der Waals surface area contributed by atoms with Crippen LogP contribution in [-0.2, 0) is 5.41 Å². The van der Waals surface area contributed by atoms with Crippen LogP contribution in [0.3, 0.4) is 0 Å². The maximum atomic E-state index is 2.50. The fraction of sp³-hybridized carbons (Fsp3) is 0.0811. The van der Waals surface area contributed by atoms with Gasteiger partial charge in [0.15, 0.2) is 0 Å². The number of para-hydroxylation sites is 2. The van der Waals surface area contributed by atoms with Crippen molar-refractivity contribution in [3.63, 3.8) is 0 Å². The predicted octanol–water partition coefficient (Wildman–Crippen LogP) is 9.55. The summed E-state index contributed by atoms with van der Waals surface area (Å²) in [5.74, 6) is 0. The Bertz CT molecular complexity index is 1960. The van der Waals surface area contributed by atoms with Crippen LogP contribution in [0, 0.1) is 0 Å². The van der Waals surface area contributed by atoms with Crippen LogP contribution >= 0.6 is 0 Å². The quantitative estimate of drug-likeness (QED) is 0.229. The van der Waals surface area contributed by atoms with Crippen molar-refractivity contribution in [3.05, 3.63) is 145 Å². The molecule has 0 saturated heterocycles. The van der Waals surface area contributed by atoms with Crippen molar-refractivity contribution < 1.29 is 0 Å². The largest absolute Gasteiger partial charge is 0.298 e. The third-order valence-electron chi connectivity index (χ3n) is 8.47. The minimum atomic E-state index is -0.0668. The molecule has 0 atom stereocenters. The highest BCUT2D eigenvalue weighted by molar-refractivity contribution is 6.10. The minimum Gasteiger partial charge on any atom is -0.298 e. The van der Waals surface area contributed by atoms with E-state index in [9.17, 15) is 0 Å². The van der Waals surface area contributed by atoms with Gasteiger partial charge in [0.05, 0.1) is 11.2 Å². The molecule has 1 aliphatic heterocycles. The average Bonchev–Trinajstić information content (AvgIpc) is 3.60. The van der Waals surface area contributed by atoms with Crippen molar-refractivity contribution in [1.29, 1.82) is 0 Å². The van der Waals surface area contributed by atoms with Crippen LogP contribution in [0.5, 0.6) is 0 Å². The van der Waals surface area contributed by atoms with Gasteiger partial charge >= 0.3 is 0 Å². The molecule has 8 rings (SSSR count). The number of aromatic nitrogens is 2. The zero-order chi connectivity index (χ0) is 26.1. The Morgan fingerprint density at radius 3 is 1.77 bits per heavy atom. The van der Waals surface area contributed by atoms with Gasteiger partial charge in [0.2, 0.25) is 0 Å². The van der Waals surface area contributed by atoms with E-state index in [0.717, 1.165) is 0 Å². The van der Waals surface area contributed by atoms with E-state index in [1.54, 1.807) is 0 Å². The first-order chi connectivity index (χ1) is 19.1. The third-order valence-corrected chi connectivity index (χ3v) is 8.47. The molecular formula is C37H28N2. The number of hydrogen-bond donors (Lipinski definition) is 0. The molecule has 0 bridgehead atoms. The minimum absolute atomic E-state index is 0.0668. The molecule has 0 unspecified atom stereocenters. The topological polar surface area (TPSA) is 9.86 Å². The molecule has 7 aromatic rings. The smallest absolute Gasteiger partial charge is 0.130 e. The molecule has 186 valence electrons. The standard InChI is InChI=1S/C37H28N2/c1-37(2)32-18-10-12-20-34(32)39-35(37)24-31-30-17-9-11-19-33(30)38(36(31)39)29-22-27(25-13-5-3-6-14-25)21-28(23-29)26-15-7-4-8-16-26/h3-24H,1-2H3. The molecule has 0 N–H and O–H groups in total. The predicted molar refractivity (Wildman–Crippen MR) is 163 cm³/mol. The summed E-state index contributed by atoms with van der Waals surface area (Å²) in [7, 11) is 0. The molecule has 0 amide bonds. The molecule has 2 heteroatoms. The van der Waals surface area contributed by atoms with Crippen molar-refractivity contribution in [2.24, 2.45) is 0 Å². The van der Waals surface area contributed by atoms with Crippen LogP contribution in [0.1, 0.15) is 25.1 Å². The molecule has 0 spiro atoms. The van der Waals surface area contributed by atoms with E-state index in [-0.39, 0.29) is 5.41 Å². The fourth-order valence-corrected chi connectivity index (χ4v) is 6.56. The summed E-state index contributed by atoms with van der Waals surface area (Å²) in [6, 6.07) is 48.6. The summed E-state index contributed by atoms with van der Waals surface area (Å²) >= 11 is 0. The van der Waals surface area contributed by atoms with Crippen molar-refractivity contribution in [2.45, 2.75) is 19.3 Å². The highest BCUT2D eigenvalue weighted by Gasteiger charge is 2.38. The zero-order valence-corrected chi connectivity index (χ0v) is 22.1. The van der Waals surface area contributed by atoms with E-state index in [2.05, 4.69) is 156 Å². The summed E-state index contributed by atoms with van der Waals surface area (Å²) in [6.07, 6.45) is 0. The van der Waals surface area contributed by atoms with Crippen LogP contribution in [0.15, 0.2) is 133 Å². The molecule has 2 aromatic heterocycles. The monoisotopic (exact) mass is 500 g/mol. The van der Waals surface area contributed by atoms with Gasteiger partial charge in [0, 0.05) is 27.6 Å². The van der Waals surface area contributed by atoms with Gasteiger partial charge in [0.25, 0.3) is 0 Å². The number of hydrogen-bond acceptors (Lipinski definition) is 0. The second kappa shape index (κ2) is 8.09. The Balaban J connectivity index is 1.50. The van der Waals surface area contributed by atoms with E-state index in [4.69, 9.17) is 0 Å². The Hall–Kier alpha value is -4.82. The molecule has 0 radical (unpaired) electrons. The maximum Gasteiger partial charge on any atom is 0.130 e. The summed E-state index contributed by atoms with van der Waals surface area (Å²) in [5.41, 5.74) is 12.4. The molecule has 0 aliphatic carbocycles. The first-order valence-corrected chi connectivity index (χ1v) is 13.6. The van der Waals surface area contributed by atoms with Crippen molar-refractivity contribution in [1.82, 2.24) is 9.13 Å². The van der Waals surface area contributed by atoms with Crippen LogP contribution < -0.4 is 0 Å². The highest BCUT2D eigenvalue weighted by Crippen LogP contribution is 2.48. The summed E-state index contributed by atoms with van der Waals surface area (Å²) in [6.45, 7) is 4.69. The van der Waals surface area contributed by atoms with Crippen molar-refractivity contribution >= 4 is 21.9 Å². The normalized spacial score (nSPS) is 13.6. The average molecular weight is 501 g/mol. The van der Waals surface area contributed by atoms with Crippen LogP contribution in [0.2, 0.25) is 0 Å². The number of nitrogens with zero attached hydrogens (tertiary/aromatic N) is 2. The van der Waals surface area contributed by atoms with Crippen LogP contribution in [0.25, 0.3) is 55.6 Å². The lowest BCUT2D eigenvalue weighted by Crippen LogP contribution is -2.15. The zero-order valence-electron chi connectivity index (χ0n) is 22.1. The molecule has 0 saturated carbocycles. The highest BCUT2D eigenvalue weighted by atomic mass is 15.2. The molecule has 2 nitrogen and oxygen atoms in total. The van der Waals surface area contributed by atoms with Gasteiger partial charge in [-0.3, -0.25) is 9.13 Å². The molecule has 1 aliphatic rings. The molecular weight excluding hydrogens is 472 g/mol. The summed E-state index contributed by atoms with van der Waals surface area (Å²) < 4.78 is 4.98. The number of fused-ring (bicyclic) bond motifs is 7. The molecule has 39 heavy (non-hydrogen) atoms. The molecule has 5 aromatic carbocycles. The summed E-state index contributed by atoms with van der Waals surface area (Å²) in [5, 5.41) is 2.59. The lowest BCUT2D eigenvalue weighted by molar-refractivity contribution is 0.644. The van der Waals surface area contributed by atoms with Gasteiger partial charge in [-0.2, -0.15) is 0 Å². The fourth-order valence-electron chi connectivity index (χ4n) is 6.56. The second-order valence-corrected chi connectivity index (χ2v) is 11.1. The van der Waals surface area contributed by atoms with E-state index in [1.807, 2.05) is 0 Å². The maximum absolute atomic E-state index is 2.50. The van der Waals surface area contributed by atoms with Crippen LogP contribution in [0.4, 0.5) is 0 Å². The Labute approximate surface area is 228 Å². The molecule has 3 heterocycles. The van der Waals surface area contributed by atoms with E-state index in [0.29, 0.717) is 0 Å². The first-order valence-electron chi connectivity index (χ1n) is 13.6. The lowest BCUT2D eigenvalue weighted by atomic mass is 9.83. The summed E-state index contributed by atoms with van der Waals surface area (Å²) in [4.78, 5) is 0.